The van der Waals surface area contributed by atoms with Crippen LogP contribution in [-0.2, 0) is 28.2 Å². The van der Waals surface area contributed by atoms with Gasteiger partial charge in [-0.25, -0.2) is 0 Å². The molecule has 1 amide bonds. The van der Waals surface area contributed by atoms with Crippen LogP contribution < -0.4 is 4.74 Å². The van der Waals surface area contributed by atoms with E-state index in [0.29, 0.717) is 32.3 Å². The molecule has 2 unspecified atom stereocenters. The highest BCUT2D eigenvalue weighted by atomic mass is 32.2. The molecular weight excluding hydrogens is 563 g/mol. The van der Waals surface area contributed by atoms with Gasteiger partial charge in [0.15, 0.2) is 0 Å². The monoisotopic (exact) mass is 602 g/mol. The molecule has 2 atom stereocenters. The van der Waals surface area contributed by atoms with E-state index >= 15 is 22.0 Å². The molecule has 0 radical (unpaired) electrons. The topological polar surface area (TPSA) is 55.8 Å². The fraction of sp³-hybridized carbons (Fsp3) is 0.567. The fourth-order valence-corrected chi connectivity index (χ4v) is 6.42. The quantitative estimate of drug-likeness (QED) is 0.155. The largest absolute Gasteiger partial charge is 0.597 e. The maximum atomic E-state index is 16.8. The van der Waals surface area contributed by atoms with E-state index in [1.807, 2.05) is 6.92 Å². The van der Waals surface area contributed by atoms with Crippen LogP contribution in [0.25, 0.3) is 0 Å². The smallest absolute Gasteiger partial charge is 0.421 e. The normalized spacial score (nSPS) is 17.3. The number of amides is 1. The zero-order valence-corrected chi connectivity index (χ0v) is 24.8. The summed E-state index contributed by atoms with van der Waals surface area (Å²) in [5.41, 5.74) is -4.92. The molecule has 41 heavy (non-hydrogen) atoms. The van der Waals surface area contributed by atoms with Gasteiger partial charge >= 0.3 is 12.1 Å². The van der Waals surface area contributed by atoms with Gasteiger partial charge in [-0.05, 0) is 69.7 Å². The second-order valence-corrected chi connectivity index (χ2v) is 13.4. The summed E-state index contributed by atoms with van der Waals surface area (Å²) in [4.78, 5) is 14.3. The lowest BCUT2D eigenvalue weighted by atomic mass is 9.81. The number of rotatable bonds is 11. The van der Waals surface area contributed by atoms with Crippen molar-refractivity contribution in [1.82, 2.24) is 9.21 Å². The number of hydrogen-bond acceptors (Lipinski definition) is 4. The van der Waals surface area contributed by atoms with Crippen molar-refractivity contribution in [2.24, 2.45) is 0 Å². The Kier molecular flexibility index (Phi) is 10.7. The van der Waals surface area contributed by atoms with Crippen LogP contribution in [0, 0.1) is 0 Å². The molecule has 3 rings (SSSR count). The number of halogens is 5. The molecule has 0 aromatic heterocycles. The van der Waals surface area contributed by atoms with Crippen LogP contribution in [0.2, 0.25) is 0 Å². The number of benzene rings is 2. The van der Waals surface area contributed by atoms with Crippen molar-refractivity contribution in [3.63, 3.8) is 0 Å². The second-order valence-electron chi connectivity index (χ2n) is 11.2. The maximum Gasteiger partial charge on any atom is 0.421 e. The number of piperidine rings is 1. The summed E-state index contributed by atoms with van der Waals surface area (Å²) in [6.07, 6.45) is -2.70. The van der Waals surface area contributed by atoms with Gasteiger partial charge in [-0.3, -0.25) is 4.79 Å². The molecule has 0 spiro atoms. The Hall–Kier alpha value is -2.37. The summed E-state index contributed by atoms with van der Waals surface area (Å²) in [6, 6.07) is 11.9. The predicted octanol–water partition coefficient (Wildman–Crippen LogP) is 7.24. The lowest BCUT2D eigenvalue weighted by molar-refractivity contribution is -0.291. The second kappa shape index (κ2) is 13.3. The first-order valence-corrected chi connectivity index (χ1v) is 15.0. The minimum Gasteiger partial charge on any atom is -0.597 e. The molecule has 1 aliphatic rings. The Morgan fingerprint density at radius 2 is 1.54 bits per heavy atom. The zero-order chi connectivity index (χ0) is 30.5. The first-order chi connectivity index (χ1) is 19.2. The van der Waals surface area contributed by atoms with Crippen LogP contribution in [0.5, 0.6) is 5.75 Å². The molecule has 1 aliphatic heterocycles. The van der Waals surface area contributed by atoms with Crippen molar-refractivity contribution in [3.8, 4) is 5.75 Å². The molecule has 0 saturated carbocycles. The van der Waals surface area contributed by atoms with E-state index < -0.39 is 51.8 Å². The van der Waals surface area contributed by atoms with Crippen LogP contribution in [0.4, 0.5) is 22.0 Å². The number of carbonyl (C=O) groups excluding carboxylic acids is 1. The van der Waals surface area contributed by atoms with E-state index in [1.165, 1.54) is 45.0 Å². The molecule has 11 heteroatoms. The molecular formula is C30H39F5N2O3S. The van der Waals surface area contributed by atoms with E-state index in [2.05, 4.69) is 0 Å². The Bertz CT molecular complexity index is 1120. The van der Waals surface area contributed by atoms with E-state index in [0.717, 1.165) is 23.5 Å². The molecule has 1 saturated heterocycles. The van der Waals surface area contributed by atoms with Crippen molar-refractivity contribution in [2.45, 2.75) is 88.7 Å². The lowest BCUT2D eigenvalue weighted by Gasteiger charge is -2.49. The third-order valence-corrected chi connectivity index (χ3v) is 8.93. The average Bonchev–Trinajstić information content (AvgIpc) is 2.92. The number of alkyl halides is 5. The Balaban J connectivity index is 2.32. The first-order valence-electron chi connectivity index (χ1n) is 13.9. The van der Waals surface area contributed by atoms with E-state index in [1.54, 1.807) is 18.2 Å². The van der Waals surface area contributed by atoms with Gasteiger partial charge in [0.1, 0.15) is 10.5 Å². The molecule has 0 bridgehead atoms. The third kappa shape index (κ3) is 7.00. The standard InChI is InChI=1S/C30H39F5N2O3S/c1-5-6-21-40-25-17-15-24(16-18-25)28(30(33,34)35,29(31,32)26(38)36-19-11-8-12-20-36)37(41(39)27(2,3)4)22-23-13-9-7-10-14-23/h7,9-10,13-18H,5-6,8,11-12,19-22H2,1-4H3. The van der Waals surface area contributed by atoms with Crippen LogP contribution in [-0.4, -0.2) is 56.2 Å². The van der Waals surface area contributed by atoms with Gasteiger partial charge in [0.05, 0.1) is 13.2 Å². The summed E-state index contributed by atoms with van der Waals surface area (Å²) >= 11 is -2.64. The predicted molar refractivity (Wildman–Crippen MR) is 150 cm³/mol. The Labute approximate surface area is 242 Å². The lowest BCUT2D eigenvalue weighted by Crippen LogP contribution is -2.72. The Morgan fingerprint density at radius 1 is 0.951 bits per heavy atom. The van der Waals surface area contributed by atoms with Gasteiger partial charge in [-0.1, -0.05) is 60.1 Å². The minimum atomic E-state index is -5.73. The van der Waals surface area contributed by atoms with Crippen LogP contribution in [0.15, 0.2) is 54.6 Å². The van der Waals surface area contributed by atoms with Crippen molar-refractivity contribution < 1.29 is 36.0 Å². The molecule has 2 aromatic rings. The average molecular weight is 603 g/mol. The van der Waals surface area contributed by atoms with Crippen molar-refractivity contribution in [3.05, 3.63) is 65.7 Å². The molecule has 0 aliphatic carbocycles. The minimum absolute atomic E-state index is 0.0758. The molecule has 2 aromatic carbocycles. The molecule has 1 fully saturated rings. The summed E-state index contributed by atoms with van der Waals surface area (Å²) in [5, 5.41) is 0. The SMILES string of the molecule is CCCCOc1ccc(C(N(Cc2ccccc2)[S+]([O-])C(C)(C)C)(C(F)(F)F)C(F)(F)C(=O)N2CCCCC2)cc1. The number of ether oxygens (including phenoxy) is 1. The van der Waals surface area contributed by atoms with Crippen molar-refractivity contribution in [1.29, 1.82) is 0 Å². The third-order valence-electron chi connectivity index (χ3n) is 7.08. The molecule has 1 heterocycles. The van der Waals surface area contributed by atoms with Gasteiger partial charge in [-0.15, -0.1) is 0 Å². The number of hydrogen-bond donors (Lipinski definition) is 0. The molecule has 228 valence electrons. The van der Waals surface area contributed by atoms with E-state index in [4.69, 9.17) is 4.74 Å². The van der Waals surface area contributed by atoms with Crippen LogP contribution in [0.3, 0.4) is 0 Å². The van der Waals surface area contributed by atoms with E-state index in [9.17, 15) is 9.35 Å². The summed E-state index contributed by atoms with van der Waals surface area (Å²) in [5.74, 6) is -6.76. The van der Waals surface area contributed by atoms with Gasteiger partial charge in [-0.2, -0.15) is 22.0 Å². The van der Waals surface area contributed by atoms with Crippen LogP contribution >= 0.6 is 0 Å². The first kappa shape index (κ1) is 33.1. The van der Waals surface area contributed by atoms with E-state index in [-0.39, 0.29) is 28.7 Å². The summed E-state index contributed by atoms with van der Waals surface area (Å²) in [6.45, 7) is 5.59. The number of carbonyl (C=O) groups is 1. The van der Waals surface area contributed by atoms with Gasteiger partial charge in [0, 0.05) is 24.5 Å². The zero-order valence-electron chi connectivity index (χ0n) is 24.0. The summed E-state index contributed by atoms with van der Waals surface area (Å²) < 4.78 is 99.1. The Morgan fingerprint density at radius 3 is 2.05 bits per heavy atom. The highest BCUT2D eigenvalue weighted by Gasteiger charge is 2.80. The number of unbranched alkanes of at least 4 members (excludes halogenated alkanes) is 1. The molecule has 5 nitrogen and oxygen atoms in total. The number of nitrogens with zero attached hydrogens (tertiary/aromatic N) is 2. The molecule has 0 N–H and O–H groups in total. The fourth-order valence-electron chi connectivity index (χ4n) is 4.92. The van der Waals surface area contributed by atoms with Gasteiger partial charge in [0.2, 0.25) is 0 Å². The number of likely N-dealkylation sites (tertiary alicyclic amines) is 1. The van der Waals surface area contributed by atoms with Gasteiger partial charge < -0.3 is 14.2 Å². The van der Waals surface area contributed by atoms with Gasteiger partial charge in [0.25, 0.3) is 11.4 Å². The van der Waals surface area contributed by atoms with Crippen molar-refractivity contribution >= 4 is 17.3 Å². The highest BCUT2D eigenvalue weighted by molar-refractivity contribution is 7.90. The van der Waals surface area contributed by atoms with Crippen LogP contribution in [0.1, 0.15) is 70.9 Å². The highest BCUT2D eigenvalue weighted by Crippen LogP contribution is 2.57. The summed E-state index contributed by atoms with van der Waals surface area (Å²) in [7, 11) is 0. The van der Waals surface area contributed by atoms with Crippen molar-refractivity contribution in [2.75, 3.05) is 19.7 Å². The maximum absolute atomic E-state index is 16.8.